The van der Waals surface area contributed by atoms with Crippen LogP contribution in [0.1, 0.15) is 28.7 Å². The normalized spacial score (nSPS) is 18.0. The van der Waals surface area contributed by atoms with E-state index in [0.717, 1.165) is 29.0 Å². The van der Waals surface area contributed by atoms with Gasteiger partial charge in [0.05, 0.1) is 18.3 Å². The van der Waals surface area contributed by atoms with Crippen LogP contribution in [0.2, 0.25) is 0 Å². The zero-order chi connectivity index (χ0) is 14.4. The molecule has 0 fully saturated rings. The molecule has 1 unspecified atom stereocenters. The van der Waals surface area contributed by atoms with Crippen LogP contribution >= 0.6 is 22.7 Å². The van der Waals surface area contributed by atoms with E-state index in [4.69, 9.17) is 0 Å². The summed E-state index contributed by atoms with van der Waals surface area (Å²) in [5.74, 6) is 0.721. The molecular weight excluding hydrogens is 300 g/mol. The van der Waals surface area contributed by atoms with Gasteiger partial charge in [-0.1, -0.05) is 13.0 Å². The van der Waals surface area contributed by atoms with Gasteiger partial charge in [-0.3, -0.25) is 9.36 Å². The highest BCUT2D eigenvalue weighted by Gasteiger charge is 2.23. The van der Waals surface area contributed by atoms with E-state index in [9.17, 15) is 4.79 Å². The Morgan fingerprint density at radius 3 is 3.19 bits per heavy atom. The average molecular weight is 316 g/mol. The lowest BCUT2D eigenvalue weighted by atomic mass is 9.89. The van der Waals surface area contributed by atoms with Crippen LogP contribution in [0, 0.1) is 5.92 Å². The largest absolute Gasteiger partial charge is 0.293 e. The number of nitrogens with zero attached hydrogens (tertiary/aromatic N) is 2. The first-order chi connectivity index (χ1) is 10.2. The summed E-state index contributed by atoms with van der Waals surface area (Å²) in [5, 5.41) is 2.92. The quantitative estimate of drug-likeness (QED) is 0.722. The number of fused-ring (bicyclic) bond motifs is 3. The number of hydrogen-bond acceptors (Lipinski definition) is 4. The first-order valence-corrected chi connectivity index (χ1v) is 8.94. The first-order valence-electron chi connectivity index (χ1n) is 7.24. The fraction of sp³-hybridized carbons (Fsp3) is 0.375. The van der Waals surface area contributed by atoms with E-state index in [-0.39, 0.29) is 5.56 Å². The zero-order valence-electron chi connectivity index (χ0n) is 11.8. The summed E-state index contributed by atoms with van der Waals surface area (Å²) in [4.78, 5) is 20.8. The molecule has 1 aliphatic carbocycles. The van der Waals surface area contributed by atoms with Crippen molar-refractivity contribution in [2.45, 2.75) is 32.7 Å². The van der Waals surface area contributed by atoms with Crippen molar-refractivity contribution in [1.29, 1.82) is 0 Å². The van der Waals surface area contributed by atoms with Gasteiger partial charge in [0.25, 0.3) is 5.56 Å². The molecule has 21 heavy (non-hydrogen) atoms. The fourth-order valence-electron chi connectivity index (χ4n) is 3.05. The molecule has 3 aromatic rings. The third kappa shape index (κ3) is 2.24. The number of aryl methyl sites for hydroxylation is 1. The smallest absolute Gasteiger partial charge is 0.262 e. The summed E-state index contributed by atoms with van der Waals surface area (Å²) in [5.41, 5.74) is 1.39. The van der Waals surface area contributed by atoms with Crippen LogP contribution in [0.3, 0.4) is 0 Å². The second-order valence-corrected chi connectivity index (χ2v) is 7.90. The van der Waals surface area contributed by atoms with Gasteiger partial charge in [0, 0.05) is 9.75 Å². The summed E-state index contributed by atoms with van der Waals surface area (Å²) in [6.45, 7) is 2.91. The lowest BCUT2D eigenvalue weighted by Gasteiger charge is -2.17. The van der Waals surface area contributed by atoms with Crippen LogP contribution < -0.4 is 5.56 Å². The van der Waals surface area contributed by atoms with E-state index in [1.54, 1.807) is 33.6 Å². The Morgan fingerprint density at radius 2 is 2.38 bits per heavy atom. The van der Waals surface area contributed by atoms with Gasteiger partial charge < -0.3 is 0 Å². The Hall–Kier alpha value is -1.46. The van der Waals surface area contributed by atoms with Crippen LogP contribution in [0.5, 0.6) is 0 Å². The Bertz CT molecular complexity index is 845. The number of rotatable bonds is 2. The molecule has 0 saturated carbocycles. The predicted molar refractivity (Wildman–Crippen MR) is 88.5 cm³/mol. The minimum absolute atomic E-state index is 0.125. The maximum absolute atomic E-state index is 12.8. The van der Waals surface area contributed by atoms with Crippen molar-refractivity contribution in [2.75, 3.05) is 0 Å². The monoisotopic (exact) mass is 316 g/mol. The molecule has 0 amide bonds. The number of hydrogen-bond donors (Lipinski definition) is 0. The molecule has 0 spiro atoms. The molecule has 0 saturated heterocycles. The third-order valence-electron chi connectivity index (χ3n) is 4.19. The van der Waals surface area contributed by atoms with Crippen molar-refractivity contribution >= 4 is 32.9 Å². The van der Waals surface area contributed by atoms with Gasteiger partial charge in [0.1, 0.15) is 4.83 Å². The highest BCUT2D eigenvalue weighted by molar-refractivity contribution is 7.18. The number of aromatic nitrogens is 2. The molecular formula is C16H16N2OS2. The van der Waals surface area contributed by atoms with Crippen LogP contribution in [-0.2, 0) is 19.4 Å². The van der Waals surface area contributed by atoms with Crippen molar-refractivity contribution in [3.8, 4) is 0 Å². The topological polar surface area (TPSA) is 34.9 Å². The van der Waals surface area contributed by atoms with Gasteiger partial charge in [-0.05, 0) is 42.2 Å². The van der Waals surface area contributed by atoms with E-state index < -0.39 is 0 Å². The lowest BCUT2D eigenvalue weighted by Crippen LogP contribution is -2.21. The van der Waals surface area contributed by atoms with Gasteiger partial charge in [-0.2, -0.15) is 0 Å². The summed E-state index contributed by atoms with van der Waals surface area (Å²) >= 11 is 3.39. The molecule has 3 nitrogen and oxygen atoms in total. The zero-order valence-corrected chi connectivity index (χ0v) is 13.5. The van der Waals surface area contributed by atoms with Crippen molar-refractivity contribution < 1.29 is 0 Å². The van der Waals surface area contributed by atoms with Gasteiger partial charge in [0.2, 0.25) is 0 Å². The number of thiophene rings is 2. The molecule has 0 bridgehead atoms. The molecule has 1 aliphatic rings. The molecule has 4 rings (SSSR count). The molecule has 5 heteroatoms. The SMILES string of the molecule is CC1CCc2c(sc3ncn(Cc4cccs4)c(=O)c23)C1. The Balaban J connectivity index is 1.85. The molecule has 108 valence electrons. The van der Waals surface area contributed by atoms with Crippen LogP contribution in [0.4, 0.5) is 0 Å². The molecule has 0 aromatic carbocycles. The Morgan fingerprint density at radius 1 is 1.48 bits per heavy atom. The predicted octanol–water partition coefficient (Wildman–Crippen LogP) is 3.69. The average Bonchev–Trinajstić information content (AvgIpc) is 3.08. The van der Waals surface area contributed by atoms with Crippen LogP contribution in [-0.4, -0.2) is 9.55 Å². The van der Waals surface area contributed by atoms with Crippen LogP contribution in [0.15, 0.2) is 28.6 Å². The lowest BCUT2D eigenvalue weighted by molar-refractivity contribution is 0.509. The van der Waals surface area contributed by atoms with Gasteiger partial charge in [-0.15, -0.1) is 22.7 Å². The van der Waals surface area contributed by atoms with Crippen molar-refractivity contribution in [3.05, 3.63) is 49.5 Å². The maximum Gasteiger partial charge on any atom is 0.262 e. The summed E-state index contributed by atoms with van der Waals surface area (Å²) in [6, 6.07) is 4.08. The van der Waals surface area contributed by atoms with Crippen molar-refractivity contribution in [1.82, 2.24) is 9.55 Å². The summed E-state index contributed by atoms with van der Waals surface area (Å²) < 4.78 is 1.75. The third-order valence-corrected chi connectivity index (χ3v) is 6.21. The fourth-order valence-corrected chi connectivity index (χ4v) is 5.09. The first kappa shape index (κ1) is 13.2. The minimum atomic E-state index is 0.125. The highest BCUT2D eigenvalue weighted by atomic mass is 32.1. The maximum atomic E-state index is 12.8. The van der Waals surface area contributed by atoms with Crippen molar-refractivity contribution in [2.24, 2.45) is 5.92 Å². The van der Waals surface area contributed by atoms with Crippen molar-refractivity contribution in [3.63, 3.8) is 0 Å². The molecule has 0 N–H and O–H groups in total. The highest BCUT2D eigenvalue weighted by Crippen LogP contribution is 2.35. The second-order valence-electron chi connectivity index (χ2n) is 5.79. The molecule has 3 aromatic heterocycles. The van der Waals surface area contributed by atoms with Gasteiger partial charge in [0.15, 0.2) is 0 Å². The van der Waals surface area contributed by atoms with E-state index in [1.807, 2.05) is 11.4 Å². The molecule has 0 radical (unpaired) electrons. The van der Waals surface area contributed by atoms with Gasteiger partial charge >= 0.3 is 0 Å². The standard InChI is InChI=1S/C16H16N2OS2/c1-10-4-5-12-13(7-10)21-15-14(12)16(19)18(9-17-15)8-11-3-2-6-20-11/h2-3,6,9-10H,4-5,7-8H2,1H3. The van der Waals surface area contributed by atoms with E-state index in [0.29, 0.717) is 6.54 Å². The van der Waals surface area contributed by atoms with E-state index >= 15 is 0 Å². The molecule has 3 heterocycles. The van der Waals surface area contributed by atoms with E-state index in [1.165, 1.54) is 21.7 Å². The van der Waals surface area contributed by atoms with Crippen LogP contribution in [0.25, 0.3) is 10.2 Å². The molecule has 1 atom stereocenters. The molecule has 0 aliphatic heterocycles. The summed E-state index contributed by atoms with van der Waals surface area (Å²) in [6.07, 6.45) is 5.00. The van der Waals surface area contributed by atoms with E-state index in [2.05, 4.69) is 18.0 Å². The Kier molecular flexibility index (Phi) is 3.19. The second kappa shape index (κ2) is 5.07. The Labute approximate surface area is 130 Å². The van der Waals surface area contributed by atoms with Gasteiger partial charge in [-0.25, -0.2) is 4.98 Å². The minimum Gasteiger partial charge on any atom is -0.293 e. The summed E-state index contributed by atoms with van der Waals surface area (Å²) in [7, 11) is 0.